The Morgan fingerprint density at radius 2 is 2.11 bits per heavy atom. The summed E-state index contributed by atoms with van der Waals surface area (Å²) in [6.07, 6.45) is 0. The highest BCUT2D eigenvalue weighted by atomic mass is 16.5. The molecule has 2 rings (SSSR count). The van der Waals surface area contributed by atoms with E-state index in [1.54, 1.807) is 39.1 Å². The maximum atomic E-state index is 11.6. The van der Waals surface area contributed by atoms with E-state index in [9.17, 15) is 9.59 Å². The van der Waals surface area contributed by atoms with Gasteiger partial charge in [-0.1, -0.05) is 0 Å². The van der Waals surface area contributed by atoms with Gasteiger partial charge >= 0.3 is 11.7 Å². The van der Waals surface area contributed by atoms with Gasteiger partial charge in [-0.25, -0.2) is 9.59 Å². The smallest absolute Gasteiger partial charge is 0.419 e. The van der Waals surface area contributed by atoms with E-state index >= 15 is 0 Å². The zero-order valence-corrected chi connectivity index (χ0v) is 11.3. The number of hydrogen-bond acceptors (Lipinski definition) is 5. The molecular weight excluding hydrogens is 248 g/mol. The SMILES string of the molecule is COC(=O)C(C)(C)Nc1ccc2oc(=O)n(C)c2c1. The first-order chi connectivity index (χ1) is 8.85. The number of anilines is 1. The van der Waals surface area contributed by atoms with Crippen LogP contribution in [0.25, 0.3) is 11.1 Å². The summed E-state index contributed by atoms with van der Waals surface area (Å²) in [6.45, 7) is 3.44. The number of nitrogens with one attached hydrogen (secondary N) is 1. The molecule has 6 heteroatoms. The fraction of sp³-hybridized carbons (Fsp3) is 0.385. The largest absolute Gasteiger partial charge is 0.467 e. The molecule has 0 saturated carbocycles. The van der Waals surface area contributed by atoms with Crippen LogP contribution in [0.5, 0.6) is 0 Å². The lowest BCUT2D eigenvalue weighted by Crippen LogP contribution is -2.41. The quantitative estimate of drug-likeness (QED) is 0.850. The Balaban J connectivity index is 2.39. The molecule has 1 heterocycles. The molecule has 6 nitrogen and oxygen atoms in total. The lowest BCUT2D eigenvalue weighted by Gasteiger charge is -2.24. The van der Waals surface area contributed by atoms with Crippen LogP contribution in [0.3, 0.4) is 0 Å². The van der Waals surface area contributed by atoms with Gasteiger partial charge in [-0.2, -0.15) is 0 Å². The number of ether oxygens (including phenoxy) is 1. The average molecular weight is 264 g/mol. The van der Waals surface area contributed by atoms with E-state index in [1.807, 2.05) is 0 Å². The third kappa shape index (κ3) is 2.33. The van der Waals surface area contributed by atoms with Gasteiger partial charge in [0.2, 0.25) is 0 Å². The van der Waals surface area contributed by atoms with Crippen molar-refractivity contribution in [2.75, 3.05) is 12.4 Å². The average Bonchev–Trinajstić information content (AvgIpc) is 2.64. The number of hydrogen-bond donors (Lipinski definition) is 1. The summed E-state index contributed by atoms with van der Waals surface area (Å²) < 4.78 is 11.2. The highest BCUT2D eigenvalue weighted by molar-refractivity contribution is 5.85. The topological polar surface area (TPSA) is 73.5 Å². The Kier molecular flexibility index (Phi) is 3.09. The second-order valence-electron chi connectivity index (χ2n) is 4.85. The zero-order valence-electron chi connectivity index (χ0n) is 11.3. The predicted octanol–water partition coefficient (Wildman–Crippen LogP) is 1.49. The number of fused-ring (bicyclic) bond motifs is 1. The predicted molar refractivity (Wildman–Crippen MR) is 71.2 cm³/mol. The van der Waals surface area contributed by atoms with Gasteiger partial charge in [0.25, 0.3) is 0 Å². The van der Waals surface area contributed by atoms with Gasteiger partial charge < -0.3 is 14.5 Å². The van der Waals surface area contributed by atoms with Crippen molar-refractivity contribution in [2.24, 2.45) is 7.05 Å². The molecule has 0 atom stereocenters. The number of esters is 1. The Morgan fingerprint density at radius 1 is 1.42 bits per heavy atom. The normalized spacial score (nSPS) is 11.6. The fourth-order valence-electron chi connectivity index (χ4n) is 1.87. The third-order valence-electron chi connectivity index (χ3n) is 2.94. The lowest BCUT2D eigenvalue weighted by molar-refractivity contribution is -0.144. The summed E-state index contributed by atoms with van der Waals surface area (Å²) in [5, 5.41) is 3.07. The van der Waals surface area contributed by atoms with Crippen molar-refractivity contribution in [3.63, 3.8) is 0 Å². The van der Waals surface area contributed by atoms with Crippen LogP contribution >= 0.6 is 0 Å². The van der Waals surface area contributed by atoms with E-state index < -0.39 is 11.3 Å². The molecule has 1 aromatic heterocycles. The highest BCUT2D eigenvalue weighted by Gasteiger charge is 2.28. The molecule has 2 aromatic rings. The molecule has 1 N–H and O–H groups in total. The first-order valence-electron chi connectivity index (χ1n) is 5.81. The van der Waals surface area contributed by atoms with Crippen LogP contribution in [0, 0.1) is 0 Å². The van der Waals surface area contributed by atoms with Gasteiger partial charge in [0.05, 0.1) is 12.6 Å². The van der Waals surface area contributed by atoms with Gasteiger partial charge in [-0.3, -0.25) is 4.57 Å². The molecule has 0 unspecified atom stereocenters. The maximum Gasteiger partial charge on any atom is 0.419 e. The molecule has 0 spiro atoms. The Labute approximate surface area is 110 Å². The standard InChI is InChI=1S/C13H16N2O4/c1-13(2,11(16)18-4)14-8-5-6-10-9(7-8)15(3)12(17)19-10/h5-7,14H,1-4H3. The molecule has 1 aromatic carbocycles. The number of carbonyl (C=O) groups is 1. The molecule has 0 bridgehead atoms. The third-order valence-corrected chi connectivity index (χ3v) is 2.94. The summed E-state index contributed by atoms with van der Waals surface area (Å²) in [5.41, 5.74) is 1.02. The minimum atomic E-state index is -0.856. The van der Waals surface area contributed by atoms with Crippen molar-refractivity contribution in [3.05, 3.63) is 28.7 Å². The number of carbonyl (C=O) groups excluding carboxylic acids is 1. The van der Waals surface area contributed by atoms with E-state index in [1.165, 1.54) is 11.7 Å². The number of nitrogens with zero attached hydrogens (tertiary/aromatic N) is 1. The van der Waals surface area contributed by atoms with Crippen LogP contribution in [-0.2, 0) is 16.6 Å². The van der Waals surface area contributed by atoms with E-state index in [2.05, 4.69) is 5.32 Å². The Morgan fingerprint density at radius 3 is 2.74 bits per heavy atom. The summed E-state index contributed by atoms with van der Waals surface area (Å²) in [6, 6.07) is 5.19. The van der Waals surface area contributed by atoms with Crippen molar-refractivity contribution in [3.8, 4) is 0 Å². The lowest BCUT2D eigenvalue weighted by atomic mass is 10.1. The fourth-order valence-corrected chi connectivity index (χ4v) is 1.87. The van der Waals surface area contributed by atoms with Gasteiger partial charge in [0.1, 0.15) is 5.54 Å². The Hall–Kier alpha value is -2.24. The zero-order chi connectivity index (χ0) is 14.2. The minimum Gasteiger partial charge on any atom is -0.467 e. The molecule has 0 amide bonds. The van der Waals surface area contributed by atoms with Crippen LogP contribution in [-0.4, -0.2) is 23.2 Å². The number of methoxy groups -OCH3 is 1. The van der Waals surface area contributed by atoms with Gasteiger partial charge in [0.15, 0.2) is 5.58 Å². The number of oxazole rings is 1. The molecule has 19 heavy (non-hydrogen) atoms. The van der Waals surface area contributed by atoms with Gasteiger partial charge in [0, 0.05) is 12.7 Å². The molecular formula is C13H16N2O4. The molecule has 0 radical (unpaired) electrons. The Bertz CT molecular complexity index is 681. The molecule has 0 aliphatic heterocycles. The van der Waals surface area contributed by atoms with Gasteiger partial charge in [-0.15, -0.1) is 0 Å². The molecule has 0 saturated heterocycles. The van der Waals surface area contributed by atoms with Crippen LogP contribution in [0.4, 0.5) is 5.69 Å². The van der Waals surface area contributed by atoms with E-state index in [0.29, 0.717) is 16.8 Å². The van der Waals surface area contributed by atoms with Crippen molar-refractivity contribution in [2.45, 2.75) is 19.4 Å². The van der Waals surface area contributed by atoms with Crippen molar-refractivity contribution in [1.82, 2.24) is 4.57 Å². The van der Waals surface area contributed by atoms with Crippen LogP contribution in [0.15, 0.2) is 27.4 Å². The monoisotopic (exact) mass is 264 g/mol. The van der Waals surface area contributed by atoms with Gasteiger partial charge in [-0.05, 0) is 32.0 Å². The van der Waals surface area contributed by atoms with Crippen molar-refractivity contribution in [1.29, 1.82) is 0 Å². The molecule has 0 aliphatic carbocycles. The minimum absolute atomic E-state index is 0.367. The van der Waals surface area contributed by atoms with Crippen molar-refractivity contribution >= 4 is 22.8 Å². The molecule has 0 aliphatic rings. The molecule has 102 valence electrons. The van der Waals surface area contributed by atoms with E-state index in [0.717, 1.165) is 0 Å². The summed E-state index contributed by atoms with van der Waals surface area (Å²) in [5.74, 6) is -0.784. The van der Waals surface area contributed by atoms with E-state index in [4.69, 9.17) is 9.15 Å². The summed E-state index contributed by atoms with van der Waals surface area (Å²) in [7, 11) is 2.97. The second-order valence-corrected chi connectivity index (χ2v) is 4.85. The first-order valence-corrected chi connectivity index (χ1v) is 5.81. The van der Waals surface area contributed by atoms with E-state index in [-0.39, 0.29) is 5.97 Å². The van der Waals surface area contributed by atoms with Crippen LogP contribution < -0.4 is 11.1 Å². The first kappa shape index (κ1) is 13.2. The summed E-state index contributed by atoms with van der Waals surface area (Å²) in [4.78, 5) is 23.0. The van der Waals surface area contributed by atoms with Crippen molar-refractivity contribution < 1.29 is 13.9 Å². The number of aromatic nitrogens is 1. The highest BCUT2D eigenvalue weighted by Crippen LogP contribution is 2.21. The molecule has 0 fully saturated rings. The number of rotatable bonds is 3. The maximum absolute atomic E-state index is 11.6. The summed E-state index contributed by atoms with van der Waals surface area (Å²) >= 11 is 0. The number of aryl methyl sites for hydroxylation is 1. The number of benzene rings is 1. The van der Waals surface area contributed by atoms with Crippen LogP contribution in [0.2, 0.25) is 0 Å². The second kappa shape index (κ2) is 4.46. The van der Waals surface area contributed by atoms with Crippen LogP contribution in [0.1, 0.15) is 13.8 Å².